The van der Waals surface area contributed by atoms with E-state index in [2.05, 4.69) is 32.6 Å². The second-order valence-electron chi connectivity index (χ2n) is 7.73. The summed E-state index contributed by atoms with van der Waals surface area (Å²) < 4.78 is 3.37. The summed E-state index contributed by atoms with van der Waals surface area (Å²) in [5.41, 5.74) is 5.21. The molecular formula is C25H21ClN6O. The van der Waals surface area contributed by atoms with Gasteiger partial charge in [-0.1, -0.05) is 60.1 Å². The van der Waals surface area contributed by atoms with Crippen molar-refractivity contribution in [3.05, 3.63) is 95.5 Å². The quantitative estimate of drug-likeness (QED) is 0.392. The van der Waals surface area contributed by atoms with Crippen molar-refractivity contribution >= 4 is 34.2 Å². The molecule has 3 heterocycles. The van der Waals surface area contributed by atoms with Crippen LogP contribution in [0.4, 0.5) is 5.69 Å². The van der Waals surface area contributed by atoms with E-state index in [0.29, 0.717) is 22.9 Å². The Kier molecular flexibility index (Phi) is 5.62. The average Bonchev–Trinajstić information content (AvgIpc) is 3.39. The molecule has 3 aromatic heterocycles. The van der Waals surface area contributed by atoms with Crippen LogP contribution in [0.5, 0.6) is 0 Å². The van der Waals surface area contributed by atoms with Gasteiger partial charge in [0.1, 0.15) is 6.54 Å². The highest BCUT2D eigenvalue weighted by atomic mass is 35.5. The number of anilines is 1. The Morgan fingerprint density at radius 1 is 1.06 bits per heavy atom. The van der Waals surface area contributed by atoms with Gasteiger partial charge < -0.3 is 5.32 Å². The first-order valence-corrected chi connectivity index (χ1v) is 10.9. The minimum absolute atomic E-state index is 0.0469. The highest BCUT2D eigenvalue weighted by Gasteiger charge is 2.16. The summed E-state index contributed by atoms with van der Waals surface area (Å²) in [6.45, 7) is 2.50. The molecule has 0 unspecified atom stereocenters. The Labute approximate surface area is 195 Å². The summed E-state index contributed by atoms with van der Waals surface area (Å²) in [5, 5.41) is 13.4. The normalized spacial score (nSPS) is 11.1. The van der Waals surface area contributed by atoms with Crippen molar-refractivity contribution < 1.29 is 4.79 Å². The molecule has 7 nitrogen and oxygen atoms in total. The van der Waals surface area contributed by atoms with Crippen molar-refractivity contribution in [1.82, 2.24) is 24.5 Å². The van der Waals surface area contributed by atoms with Crippen LogP contribution < -0.4 is 5.32 Å². The Balaban J connectivity index is 1.33. The van der Waals surface area contributed by atoms with Crippen LogP contribution in [-0.2, 0) is 17.9 Å². The van der Waals surface area contributed by atoms with Crippen molar-refractivity contribution in [3.8, 4) is 11.1 Å². The molecule has 33 heavy (non-hydrogen) atoms. The number of carbonyl (C=O) groups is 1. The zero-order valence-corrected chi connectivity index (χ0v) is 18.7. The minimum atomic E-state index is -0.205. The number of aromatic nitrogens is 5. The lowest BCUT2D eigenvalue weighted by molar-refractivity contribution is -0.116. The fourth-order valence-corrected chi connectivity index (χ4v) is 4.10. The number of carbonyl (C=O) groups excluding carboxylic acids is 1. The fourth-order valence-electron chi connectivity index (χ4n) is 3.90. The molecule has 2 aromatic carbocycles. The van der Waals surface area contributed by atoms with Crippen LogP contribution in [0.15, 0.2) is 79.3 Å². The summed E-state index contributed by atoms with van der Waals surface area (Å²) in [7, 11) is 0. The maximum atomic E-state index is 12.8. The molecule has 0 aliphatic rings. The van der Waals surface area contributed by atoms with Crippen molar-refractivity contribution in [3.63, 3.8) is 0 Å². The summed E-state index contributed by atoms with van der Waals surface area (Å²) in [5.74, 6) is -0.205. The predicted molar refractivity (Wildman–Crippen MR) is 129 cm³/mol. The lowest BCUT2D eigenvalue weighted by Crippen LogP contribution is -2.19. The first-order chi connectivity index (χ1) is 16.1. The number of rotatable bonds is 6. The van der Waals surface area contributed by atoms with E-state index >= 15 is 0 Å². The van der Waals surface area contributed by atoms with Gasteiger partial charge in [-0.3, -0.25) is 9.48 Å². The number of pyridine rings is 1. The average molecular weight is 457 g/mol. The molecule has 5 aromatic rings. The Bertz CT molecular complexity index is 1440. The van der Waals surface area contributed by atoms with E-state index in [1.54, 1.807) is 28.0 Å². The van der Waals surface area contributed by atoms with Gasteiger partial charge in [0.05, 0.1) is 24.1 Å². The number of amides is 1. The topological polar surface area (TPSA) is 77.6 Å². The number of benzene rings is 2. The maximum Gasteiger partial charge on any atom is 0.246 e. The van der Waals surface area contributed by atoms with E-state index in [1.165, 1.54) is 0 Å². The smallest absolute Gasteiger partial charge is 0.246 e. The molecule has 0 saturated heterocycles. The van der Waals surface area contributed by atoms with E-state index in [9.17, 15) is 4.79 Å². The first kappa shape index (κ1) is 20.9. The second-order valence-corrected chi connectivity index (χ2v) is 8.14. The van der Waals surface area contributed by atoms with Crippen LogP contribution in [0, 0.1) is 6.92 Å². The molecule has 5 rings (SSSR count). The number of nitrogens with zero attached hydrogens (tertiary/aromatic N) is 5. The van der Waals surface area contributed by atoms with Gasteiger partial charge in [-0.2, -0.15) is 10.2 Å². The molecule has 8 heteroatoms. The molecule has 0 fully saturated rings. The van der Waals surface area contributed by atoms with E-state index in [1.807, 2.05) is 55.5 Å². The predicted octanol–water partition coefficient (Wildman–Crippen LogP) is 4.94. The van der Waals surface area contributed by atoms with Gasteiger partial charge in [0.2, 0.25) is 5.91 Å². The number of aryl methyl sites for hydroxylation is 1. The van der Waals surface area contributed by atoms with Gasteiger partial charge >= 0.3 is 0 Å². The van der Waals surface area contributed by atoms with Crippen LogP contribution in [0.1, 0.15) is 11.3 Å². The van der Waals surface area contributed by atoms with Gasteiger partial charge in [0.25, 0.3) is 0 Å². The van der Waals surface area contributed by atoms with Gasteiger partial charge in [0.15, 0.2) is 5.65 Å². The molecule has 0 saturated carbocycles. The third kappa shape index (κ3) is 4.36. The standard InChI is InChI=1S/C25H21ClN6O/c1-17-24-21(18-7-3-2-4-8-18)11-12-27-25(24)32(30-17)16-23(33)29-20-13-28-31(15-20)14-19-9-5-6-10-22(19)26/h2-13,15H,14,16H2,1H3,(H,29,33). The van der Waals surface area contributed by atoms with Crippen molar-refractivity contribution in [1.29, 1.82) is 0 Å². The number of hydrogen-bond acceptors (Lipinski definition) is 4. The van der Waals surface area contributed by atoms with Crippen molar-refractivity contribution in [2.75, 3.05) is 5.32 Å². The maximum absolute atomic E-state index is 12.8. The summed E-state index contributed by atoms with van der Waals surface area (Å²) >= 11 is 6.23. The Morgan fingerprint density at radius 2 is 1.85 bits per heavy atom. The first-order valence-electron chi connectivity index (χ1n) is 10.5. The number of hydrogen-bond donors (Lipinski definition) is 1. The van der Waals surface area contributed by atoms with Crippen LogP contribution in [0.25, 0.3) is 22.2 Å². The number of halogens is 1. The van der Waals surface area contributed by atoms with Crippen molar-refractivity contribution in [2.45, 2.75) is 20.0 Å². The monoisotopic (exact) mass is 456 g/mol. The highest BCUT2D eigenvalue weighted by molar-refractivity contribution is 6.31. The molecule has 1 amide bonds. The Morgan fingerprint density at radius 3 is 2.67 bits per heavy atom. The molecular weight excluding hydrogens is 436 g/mol. The number of fused-ring (bicyclic) bond motifs is 1. The molecule has 164 valence electrons. The molecule has 0 aliphatic carbocycles. The van der Waals surface area contributed by atoms with Gasteiger partial charge in [-0.15, -0.1) is 0 Å². The number of nitrogens with one attached hydrogen (secondary N) is 1. The highest BCUT2D eigenvalue weighted by Crippen LogP contribution is 2.29. The zero-order chi connectivity index (χ0) is 22.8. The molecule has 0 spiro atoms. The largest absolute Gasteiger partial charge is 0.322 e. The third-order valence-corrected chi connectivity index (χ3v) is 5.76. The molecule has 0 bridgehead atoms. The van der Waals surface area contributed by atoms with E-state index < -0.39 is 0 Å². The van der Waals surface area contributed by atoms with Crippen LogP contribution >= 0.6 is 11.6 Å². The van der Waals surface area contributed by atoms with Crippen LogP contribution in [0.3, 0.4) is 0 Å². The summed E-state index contributed by atoms with van der Waals surface area (Å²) in [6.07, 6.45) is 5.14. The summed E-state index contributed by atoms with van der Waals surface area (Å²) in [4.78, 5) is 17.3. The fraction of sp³-hybridized carbons (Fsp3) is 0.120. The lowest BCUT2D eigenvalue weighted by Gasteiger charge is -2.06. The second kappa shape index (κ2) is 8.88. The van der Waals surface area contributed by atoms with Crippen LogP contribution in [0.2, 0.25) is 5.02 Å². The minimum Gasteiger partial charge on any atom is -0.322 e. The van der Waals surface area contributed by atoms with E-state index in [4.69, 9.17) is 11.6 Å². The third-order valence-electron chi connectivity index (χ3n) is 5.39. The van der Waals surface area contributed by atoms with Crippen molar-refractivity contribution in [2.24, 2.45) is 0 Å². The zero-order valence-electron chi connectivity index (χ0n) is 17.9. The SMILES string of the molecule is Cc1nn(CC(=O)Nc2cnn(Cc3ccccc3Cl)c2)c2nccc(-c3ccccc3)c12. The van der Waals surface area contributed by atoms with Gasteiger partial charge in [0, 0.05) is 22.8 Å². The molecule has 0 radical (unpaired) electrons. The molecule has 0 atom stereocenters. The van der Waals surface area contributed by atoms with Crippen LogP contribution in [-0.4, -0.2) is 30.5 Å². The summed E-state index contributed by atoms with van der Waals surface area (Å²) in [6, 6.07) is 19.7. The van der Waals surface area contributed by atoms with Gasteiger partial charge in [-0.05, 0) is 35.7 Å². The van der Waals surface area contributed by atoms with E-state index in [-0.39, 0.29) is 12.5 Å². The van der Waals surface area contributed by atoms with E-state index in [0.717, 1.165) is 27.8 Å². The Hall–Kier alpha value is -3.97. The molecule has 1 N–H and O–H groups in total. The lowest BCUT2D eigenvalue weighted by atomic mass is 10.0. The molecule has 0 aliphatic heterocycles. The van der Waals surface area contributed by atoms with Gasteiger partial charge in [-0.25, -0.2) is 9.67 Å².